The molecule has 2 aromatic rings. The zero-order valence-electron chi connectivity index (χ0n) is 16.5. The summed E-state index contributed by atoms with van der Waals surface area (Å²) in [7, 11) is 0. The molecule has 0 aliphatic carbocycles. The molecule has 1 amide bonds. The lowest BCUT2D eigenvalue weighted by atomic mass is 9.95. The molecular formula is C22H21F4NO3. The van der Waals surface area contributed by atoms with E-state index in [1.165, 1.54) is 25.1 Å². The standard InChI is InChI=1S/C22H21F4NO3/c1-12-7-15-9-16(11-27-20(29)5-6-22(24,25)26)30-21(15)18(8-12)17-10-14(13(2)28)3-4-19(17)23/h3-4,7-8,10,16H,5-6,9,11H2,1-2H3,(H,27,29). The van der Waals surface area contributed by atoms with Crippen LogP contribution < -0.4 is 10.1 Å². The number of carbonyl (C=O) groups is 2. The molecule has 1 N–H and O–H groups in total. The number of halogens is 4. The van der Waals surface area contributed by atoms with Gasteiger partial charge >= 0.3 is 6.18 Å². The van der Waals surface area contributed by atoms with Gasteiger partial charge in [0.05, 0.1) is 13.0 Å². The zero-order chi connectivity index (χ0) is 22.1. The molecule has 8 heteroatoms. The van der Waals surface area contributed by atoms with E-state index in [1.807, 2.05) is 13.0 Å². The van der Waals surface area contributed by atoms with Crippen LogP contribution in [0.15, 0.2) is 30.3 Å². The molecule has 4 nitrogen and oxygen atoms in total. The van der Waals surface area contributed by atoms with Gasteiger partial charge in [-0.25, -0.2) is 4.39 Å². The van der Waals surface area contributed by atoms with E-state index in [0.29, 0.717) is 23.3 Å². The average Bonchev–Trinajstić information content (AvgIpc) is 3.06. The summed E-state index contributed by atoms with van der Waals surface area (Å²) in [5, 5.41) is 2.46. The monoisotopic (exact) mass is 423 g/mol. The SMILES string of the molecule is CC(=O)c1ccc(F)c(-c2cc(C)cc3c2OC(CNC(=O)CCC(F)(F)F)C3)c1. The van der Waals surface area contributed by atoms with Gasteiger partial charge in [-0.1, -0.05) is 6.07 Å². The third kappa shape index (κ3) is 5.17. The van der Waals surface area contributed by atoms with Gasteiger partial charge in [0.15, 0.2) is 5.78 Å². The Morgan fingerprint density at radius 2 is 1.90 bits per heavy atom. The van der Waals surface area contributed by atoms with Gasteiger partial charge in [0.2, 0.25) is 5.91 Å². The van der Waals surface area contributed by atoms with E-state index in [2.05, 4.69) is 5.32 Å². The predicted octanol–water partition coefficient (Wildman–Crippen LogP) is 4.77. The number of hydrogen-bond donors (Lipinski definition) is 1. The van der Waals surface area contributed by atoms with Crippen molar-refractivity contribution in [1.82, 2.24) is 5.32 Å². The van der Waals surface area contributed by atoms with E-state index in [9.17, 15) is 27.2 Å². The van der Waals surface area contributed by atoms with Crippen molar-refractivity contribution in [2.75, 3.05) is 6.54 Å². The largest absolute Gasteiger partial charge is 0.487 e. The molecule has 0 spiro atoms. The van der Waals surface area contributed by atoms with Gasteiger partial charge in [-0.05, 0) is 49.2 Å². The number of fused-ring (bicyclic) bond motifs is 1. The van der Waals surface area contributed by atoms with Crippen molar-refractivity contribution in [3.63, 3.8) is 0 Å². The van der Waals surface area contributed by atoms with Crippen molar-refractivity contribution in [1.29, 1.82) is 0 Å². The Hall–Kier alpha value is -2.90. The zero-order valence-corrected chi connectivity index (χ0v) is 16.5. The number of ether oxygens (including phenoxy) is 1. The Kier molecular flexibility index (Phi) is 6.14. The van der Waals surface area contributed by atoms with Crippen LogP contribution in [-0.2, 0) is 11.2 Å². The highest BCUT2D eigenvalue weighted by Crippen LogP contribution is 2.41. The van der Waals surface area contributed by atoms with E-state index in [-0.39, 0.29) is 17.9 Å². The quantitative estimate of drug-likeness (QED) is 0.538. The van der Waals surface area contributed by atoms with E-state index >= 15 is 0 Å². The van der Waals surface area contributed by atoms with Crippen LogP contribution in [-0.4, -0.2) is 30.5 Å². The van der Waals surface area contributed by atoms with Gasteiger partial charge in [-0.15, -0.1) is 0 Å². The third-order valence-corrected chi connectivity index (χ3v) is 4.87. The Balaban J connectivity index is 1.77. The van der Waals surface area contributed by atoms with Crippen molar-refractivity contribution < 1.29 is 31.9 Å². The lowest BCUT2D eigenvalue weighted by molar-refractivity contribution is -0.144. The predicted molar refractivity (Wildman–Crippen MR) is 103 cm³/mol. The number of ketones is 1. The molecule has 3 rings (SSSR count). The number of rotatable bonds is 6. The Bertz CT molecular complexity index is 985. The van der Waals surface area contributed by atoms with Crippen LogP contribution in [0.1, 0.15) is 41.3 Å². The minimum Gasteiger partial charge on any atom is -0.487 e. The highest BCUT2D eigenvalue weighted by molar-refractivity contribution is 5.95. The van der Waals surface area contributed by atoms with Gasteiger partial charge in [-0.3, -0.25) is 9.59 Å². The first kappa shape index (κ1) is 21.8. The summed E-state index contributed by atoms with van der Waals surface area (Å²) < 4.78 is 57.1. The number of alkyl halides is 3. The van der Waals surface area contributed by atoms with Gasteiger partial charge < -0.3 is 10.1 Å². The normalized spacial score (nSPS) is 15.5. The minimum absolute atomic E-state index is 0.0415. The van der Waals surface area contributed by atoms with E-state index in [0.717, 1.165) is 11.1 Å². The third-order valence-electron chi connectivity index (χ3n) is 4.87. The Morgan fingerprint density at radius 1 is 1.17 bits per heavy atom. The van der Waals surface area contributed by atoms with Crippen molar-refractivity contribution in [3.8, 4) is 16.9 Å². The molecular weight excluding hydrogens is 402 g/mol. The summed E-state index contributed by atoms with van der Waals surface area (Å²) in [4.78, 5) is 23.4. The molecule has 0 radical (unpaired) electrons. The van der Waals surface area contributed by atoms with Gasteiger partial charge in [0, 0.05) is 29.5 Å². The van der Waals surface area contributed by atoms with Crippen molar-refractivity contribution in [2.45, 2.75) is 45.4 Å². The van der Waals surface area contributed by atoms with E-state index in [1.54, 1.807) is 6.07 Å². The maximum absolute atomic E-state index is 14.5. The summed E-state index contributed by atoms with van der Waals surface area (Å²) >= 11 is 0. The molecule has 160 valence electrons. The fraction of sp³-hybridized carbons (Fsp3) is 0.364. The fourth-order valence-electron chi connectivity index (χ4n) is 3.43. The molecule has 30 heavy (non-hydrogen) atoms. The molecule has 2 aromatic carbocycles. The van der Waals surface area contributed by atoms with E-state index < -0.39 is 36.8 Å². The van der Waals surface area contributed by atoms with Crippen LogP contribution in [0.2, 0.25) is 0 Å². The highest BCUT2D eigenvalue weighted by Gasteiger charge is 2.30. The first-order valence-corrected chi connectivity index (χ1v) is 9.48. The average molecular weight is 423 g/mol. The second kappa shape index (κ2) is 8.45. The summed E-state index contributed by atoms with van der Waals surface area (Å²) in [6.07, 6.45) is -6.26. The molecule has 0 fully saturated rings. The lowest BCUT2D eigenvalue weighted by Crippen LogP contribution is -2.34. The molecule has 0 bridgehead atoms. The van der Waals surface area contributed by atoms with Crippen LogP contribution in [0.4, 0.5) is 17.6 Å². The number of hydrogen-bond acceptors (Lipinski definition) is 3. The number of carbonyl (C=O) groups excluding carboxylic acids is 2. The summed E-state index contributed by atoms with van der Waals surface area (Å²) in [5.41, 5.74) is 2.78. The second-order valence-corrected chi connectivity index (χ2v) is 7.41. The first-order valence-electron chi connectivity index (χ1n) is 9.48. The van der Waals surface area contributed by atoms with Crippen molar-refractivity contribution in [2.24, 2.45) is 0 Å². The minimum atomic E-state index is -4.39. The molecule has 1 heterocycles. The second-order valence-electron chi connectivity index (χ2n) is 7.41. The highest BCUT2D eigenvalue weighted by atomic mass is 19.4. The number of aryl methyl sites for hydroxylation is 1. The first-order chi connectivity index (χ1) is 14.0. The number of nitrogens with one attached hydrogen (secondary N) is 1. The molecule has 0 saturated heterocycles. The van der Waals surface area contributed by atoms with E-state index in [4.69, 9.17) is 4.74 Å². The molecule has 1 aliphatic heterocycles. The maximum Gasteiger partial charge on any atom is 0.389 e. The van der Waals surface area contributed by atoms with Gasteiger partial charge in [0.1, 0.15) is 17.7 Å². The van der Waals surface area contributed by atoms with Crippen LogP contribution in [0.25, 0.3) is 11.1 Å². The van der Waals surface area contributed by atoms with Gasteiger partial charge in [0.25, 0.3) is 0 Å². The van der Waals surface area contributed by atoms with Crippen LogP contribution in [0.3, 0.4) is 0 Å². The molecule has 0 saturated carbocycles. The molecule has 1 unspecified atom stereocenters. The Morgan fingerprint density at radius 3 is 2.57 bits per heavy atom. The van der Waals surface area contributed by atoms with Crippen molar-refractivity contribution >= 4 is 11.7 Å². The number of Topliss-reactive ketones (excluding diaryl/α,β-unsaturated/α-hetero) is 1. The van der Waals surface area contributed by atoms with Crippen LogP contribution in [0, 0.1) is 12.7 Å². The molecule has 0 aromatic heterocycles. The fourth-order valence-corrected chi connectivity index (χ4v) is 3.43. The number of amides is 1. The lowest BCUT2D eigenvalue weighted by Gasteiger charge is -2.15. The maximum atomic E-state index is 14.5. The smallest absolute Gasteiger partial charge is 0.389 e. The molecule has 1 aliphatic rings. The van der Waals surface area contributed by atoms with Crippen LogP contribution >= 0.6 is 0 Å². The summed E-state index contributed by atoms with van der Waals surface area (Å²) in [6.45, 7) is 3.29. The van der Waals surface area contributed by atoms with Crippen molar-refractivity contribution in [3.05, 3.63) is 52.8 Å². The van der Waals surface area contributed by atoms with Gasteiger partial charge in [-0.2, -0.15) is 13.2 Å². The topological polar surface area (TPSA) is 55.4 Å². The summed E-state index contributed by atoms with van der Waals surface area (Å²) in [5.74, 6) is -0.945. The summed E-state index contributed by atoms with van der Waals surface area (Å²) in [6, 6.07) is 7.76. The number of benzene rings is 2. The molecule has 1 atom stereocenters. The Labute approximate surface area is 171 Å². The van der Waals surface area contributed by atoms with Crippen LogP contribution in [0.5, 0.6) is 5.75 Å².